The van der Waals surface area contributed by atoms with Crippen molar-refractivity contribution >= 4 is 17.6 Å². The largest absolute Gasteiger partial charge is 0.481 e. The molecule has 1 aliphatic rings. The lowest BCUT2D eigenvalue weighted by molar-refractivity contribution is -0.138. The van der Waals surface area contributed by atoms with Gasteiger partial charge in [0.15, 0.2) is 0 Å². The van der Waals surface area contributed by atoms with Gasteiger partial charge in [-0.1, -0.05) is 30.7 Å². The zero-order valence-corrected chi connectivity index (χ0v) is 8.58. The van der Waals surface area contributed by atoms with Crippen molar-refractivity contribution < 1.29 is 9.90 Å². The Kier molecular flexibility index (Phi) is 2.04. The molecule has 0 radical (unpaired) electrons. The Labute approximate surface area is 87.5 Å². The third-order valence-electron chi connectivity index (χ3n) is 3.02. The maximum Gasteiger partial charge on any atom is 0.307 e. The molecule has 2 rings (SSSR count). The number of carboxylic acid groups (broad SMARTS) is 1. The van der Waals surface area contributed by atoms with E-state index in [2.05, 4.69) is 0 Å². The first-order valence-corrected chi connectivity index (χ1v) is 4.91. The van der Waals surface area contributed by atoms with E-state index in [1.807, 2.05) is 25.1 Å². The second kappa shape index (κ2) is 2.99. The Morgan fingerprint density at radius 1 is 1.64 bits per heavy atom. The SMILES string of the molecule is C[C@]1(c2cccc(Cl)c2)C[C@@H]1C(=O)O. The van der Waals surface area contributed by atoms with E-state index < -0.39 is 5.97 Å². The standard InChI is InChI=1S/C11H11ClO2/c1-11(6-9(11)10(13)14)7-3-2-4-8(12)5-7/h2-5,9H,6H2,1H3,(H,13,14)/t9-,11-/m1/s1. The first-order chi connectivity index (χ1) is 6.54. The summed E-state index contributed by atoms with van der Waals surface area (Å²) < 4.78 is 0. The number of carboxylic acids is 1. The highest BCUT2D eigenvalue weighted by Gasteiger charge is 2.55. The minimum absolute atomic E-state index is 0.212. The molecule has 2 nitrogen and oxygen atoms in total. The summed E-state index contributed by atoms with van der Waals surface area (Å²) in [6.07, 6.45) is 0.711. The lowest BCUT2D eigenvalue weighted by atomic mass is 9.96. The summed E-state index contributed by atoms with van der Waals surface area (Å²) in [5.41, 5.74) is 0.814. The molecule has 0 aromatic heterocycles. The maximum absolute atomic E-state index is 10.8. The first kappa shape index (κ1) is 9.53. The average Bonchev–Trinajstić information content (AvgIpc) is 2.80. The molecule has 3 heteroatoms. The Bertz CT molecular complexity index is 389. The van der Waals surface area contributed by atoms with E-state index in [1.165, 1.54) is 0 Å². The maximum atomic E-state index is 10.8. The van der Waals surface area contributed by atoms with Crippen LogP contribution in [0.1, 0.15) is 18.9 Å². The second-order valence-corrected chi connectivity index (χ2v) is 4.46. The molecule has 0 aliphatic heterocycles. The van der Waals surface area contributed by atoms with Crippen molar-refractivity contribution in [3.63, 3.8) is 0 Å². The van der Waals surface area contributed by atoms with Gasteiger partial charge in [0.1, 0.15) is 0 Å². The van der Waals surface area contributed by atoms with E-state index in [0.717, 1.165) is 5.56 Å². The predicted octanol–water partition coefficient (Wildman–Crippen LogP) is 2.70. The van der Waals surface area contributed by atoms with Crippen LogP contribution in [-0.4, -0.2) is 11.1 Å². The van der Waals surface area contributed by atoms with Crippen LogP contribution in [0.5, 0.6) is 0 Å². The van der Waals surface area contributed by atoms with Gasteiger partial charge in [-0.3, -0.25) is 4.79 Å². The zero-order chi connectivity index (χ0) is 10.3. The number of aliphatic carboxylic acids is 1. The van der Waals surface area contributed by atoms with Gasteiger partial charge in [0, 0.05) is 10.4 Å². The van der Waals surface area contributed by atoms with Crippen LogP contribution in [0.4, 0.5) is 0 Å². The molecule has 1 aliphatic carbocycles. The quantitative estimate of drug-likeness (QED) is 0.815. The van der Waals surface area contributed by atoms with E-state index in [9.17, 15) is 4.79 Å². The zero-order valence-electron chi connectivity index (χ0n) is 7.83. The molecule has 1 aromatic rings. The molecule has 74 valence electrons. The monoisotopic (exact) mass is 210 g/mol. The van der Waals surface area contributed by atoms with Gasteiger partial charge in [-0.2, -0.15) is 0 Å². The fourth-order valence-electron chi connectivity index (χ4n) is 1.89. The molecule has 1 saturated carbocycles. The third-order valence-corrected chi connectivity index (χ3v) is 3.25. The van der Waals surface area contributed by atoms with Crippen LogP contribution in [0.2, 0.25) is 5.02 Å². The predicted molar refractivity (Wildman–Crippen MR) is 54.5 cm³/mol. The van der Waals surface area contributed by atoms with E-state index in [-0.39, 0.29) is 11.3 Å². The second-order valence-electron chi connectivity index (χ2n) is 4.02. The fourth-order valence-corrected chi connectivity index (χ4v) is 2.08. The van der Waals surface area contributed by atoms with E-state index >= 15 is 0 Å². The molecule has 0 spiro atoms. The van der Waals surface area contributed by atoms with Gasteiger partial charge in [0.25, 0.3) is 0 Å². The number of carbonyl (C=O) groups is 1. The Morgan fingerprint density at radius 3 is 2.86 bits per heavy atom. The van der Waals surface area contributed by atoms with Crippen LogP contribution in [0, 0.1) is 5.92 Å². The Morgan fingerprint density at radius 2 is 2.36 bits per heavy atom. The van der Waals surface area contributed by atoms with Crippen molar-refractivity contribution in [2.75, 3.05) is 0 Å². The lowest BCUT2D eigenvalue weighted by Gasteiger charge is -2.10. The molecule has 0 unspecified atom stereocenters. The van der Waals surface area contributed by atoms with Crippen molar-refractivity contribution in [2.45, 2.75) is 18.8 Å². The minimum Gasteiger partial charge on any atom is -0.481 e. The summed E-state index contributed by atoms with van der Waals surface area (Å²) in [6.45, 7) is 1.97. The van der Waals surface area contributed by atoms with Crippen molar-refractivity contribution in [3.8, 4) is 0 Å². The molecule has 0 heterocycles. The van der Waals surface area contributed by atoms with Gasteiger partial charge in [-0.25, -0.2) is 0 Å². The molecule has 1 N–H and O–H groups in total. The van der Waals surface area contributed by atoms with Crippen molar-refractivity contribution in [3.05, 3.63) is 34.9 Å². The topological polar surface area (TPSA) is 37.3 Å². The highest BCUT2D eigenvalue weighted by Crippen LogP contribution is 2.54. The average molecular weight is 211 g/mol. The molecule has 2 atom stereocenters. The summed E-state index contributed by atoms with van der Waals surface area (Å²) in [4.78, 5) is 10.8. The smallest absolute Gasteiger partial charge is 0.307 e. The minimum atomic E-state index is -0.715. The van der Waals surface area contributed by atoms with Gasteiger partial charge in [-0.05, 0) is 24.1 Å². The molecule has 0 amide bonds. The third kappa shape index (κ3) is 1.40. The van der Waals surface area contributed by atoms with Crippen LogP contribution in [0.25, 0.3) is 0 Å². The van der Waals surface area contributed by atoms with Crippen LogP contribution < -0.4 is 0 Å². The van der Waals surface area contributed by atoms with E-state index in [0.29, 0.717) is 11.4 Å². The van der Waals surface area contributed by atoms with Crippen molar-refractivity contribution in [1.29, 1.82) is 0 Å². The van der Waals surface area contributed by atoms with Gasteiger partial charge < -0.3 is 5.11 Å². The number of hydrogen-bond donors (Lipinski definition) is 1. The van der Waals surface area contributed by atoms with Gasteiger partial charge in [0.2, 0.25) is 0 Å². The number of halogens is 1. The normalized spacial score (nSPS) is 30.0. The summed E-state index contributed by atoms with van der Waals surface area (Å²) in [7, 11) is 0. The highest BCUT2D eigenvalue weighted by atomic mass is 35.5. The summed E-state index contributed by atoms with van der Waals surface area (Å²) >= 11 is 5.86. The number of hydrogen-bond acceptors (Lipinski definition) is 1. The summed E-state index contributed by atoms with van der Waals surface area (Å²) in [5.74, 6) is -0.964. The first-order valence-electron chi connectivity index (χ1n) is 4.53. The summed E-state index contributed by atoms with van der Waals surface area (Å²) in [6, 6.07) is 7.45. The van der Waals surface area contributed by atoms with Gasteiger partial charge in [-0.15, -0.1) is 0 Å². The molecule has 0 saturated heterocycles. The lowest BCUT2D eigenvalue weighted by Crippen LogP contribution is -2.10. The van der Waals surface area contributed by atoms with E-state index in [4.69, 9.17) is 16.7 Å². The molecule has 1 fully saturated rings. The van der Waals surface area contributed by atoms with Crippen LogP contribution in [0.15, 0.2) is 24.3 Å². The summed E-state index contributed by atoms with van der Waals surface area (Å²) in [5, 5.41) is 9.55. The Hall–Kier alpha value is -1.02. The molecule has 14 heavy (non-hydrogen) atoms. The van der Waals surface area contributed by atoms with Gasteiger partial charge >= 0.3 is 5.97 Å². The van der Waals surface area contributed by atoms with Crippen molar-refractivity contribution in [2.24, 2.45) is 5.92 Å². The fraction of sp³-hybridized carbons (Fsp3) is 0.364. The number of benzene rings is 1. The Balaban J connectivity index is 2.30. The molecular weight excluding hydrogens is 200 g/mol. The molecular formula is C11H11ClO2. The van der Waals surface area contributed by atoms with Crippen molar-refractivity contribution in [1.82, 2.24) is 0 Å². The van der Waals surface area contributed by atoms with Crippen LogP contribution in [0.3, 0.4) is 0 Å². The van der Waals surface area contributed by atoms with Gasteiger partial charge in [0.05, 0.1) is 5.92 Å². The van der Waals surface area contributed by atoms with Crippen LogP contribution in [-0.2, 0) is 10.2 Å². The van der Waals surface area contributed by atoms with E-state index in [1.54, 1.807) is 6.07 Å². The molecule has 0 bridgehead atoms. The number of rotatable bonds is 2. The molecule has 1 aromatic carbocycles. The highest BCUT2D eigenvalue weighted by molar-refractivity contribution is 6.30. The van der Waals surface area contributed by atoms with Crippen LogP contribution >= 0.6 is 11.6 Å².